The van der Waals surface area contributed by atoms with E-state index in [1.165, 1.54) is 0 Å². The van der Waals surface area contributed by atoms with Gasteiger partial charge in [-0.1, -0.05) is 17.7 Å². The van der Waals surface area contributed by atoms with E-state index in [0.717, 1.165) is 38.9 Å². The van der Waals surface area contributed by atoms with E-state index in [9.17, 15) is 4.79 Å². The molecular weight excluding hydrogens is 436 g/mol. The summed E-state index contributed by atoms with van der Waals surface area (Å²) in [7, 11) is 0. The van der Waals surface area contributed by atoms with E-state index in [1.54, 1.807) is 24.3 Å². The summed E-state index contributed by atoms with van der Waals surface area (Å²) in [5, 5.41) is 3.58. The Labute approximate surface area is 196 Å². The Balaban J connectivity index is 1.42. The summed E-state index contributed by atoms with van der Waals surface area (Å²) in [6.07, 6.45) is 0. The molecule has 3 aromatic carbocycles. The second kappa shape index (κ2) is 8.26. The molecule has 0 saturated carbocycles. The van der Waals surface area contributed by atoms with Crippen molar-refractivity contribution in [1.29, 1.82) is 0 Å². The lowest BCUT2D eigenvalue weighted by atomic mass is 10.1. The number of rotatable bonds is 4. The average molecular weight is 457 g/mol. The Bertz CT molecular complexity index is 1460. The standard InChI is InChI=1S/C27H21ClN2O3/c1-15-13-22-25(14-16(15)2)33-27(30-22)20-5-4-6-21(17(20)3)29-26(31)24-12-11-23(32-24)18-7-9-19(28)10-8-18/h4-14H,1-3H3,(H,29,31). The number of carbonyl (C=O) groups excluding carboxylic acids is 1. The quantitative estimate of drug-likeness (QED) is 0.302. The van der Waals surface area contributed by atoms with Crippen LogP contribution in [0.3, 0.4) is 0 Å². The normalized spacial score (nSPS) is 11.2. The SMILES string of the molecule is Cc1cc2nc(-c3cccc(NC(=O)c4ccc(-c5ccc(Cl)cc5)o4)c3C)oc2cc1C. The molecule has 0 spiro atoms. The highest BCUT2D eigenvalue weighted by Crippen LogP contribution is 2.32. The number of oxazole rings is 1. The molecule has 0 radical (unpaired) electrons. The van der Waals surface area contributed by atoms with Crippen LogP contribution in [-0.4, -0.2) is 10.9 Å². The second-order valence-electron chi connectivity index (χ2n) is 8.03. The lowest BCUT2D eigenvalue weighted by molar-refractivity contribution is 0.0997. The predicted molar refractivity (Wildman–Crippen MR) is 131 cm³/mol. The molecule has 0 aliphatic heterocycles. The molecule has 5 rings (SSSR count). The van der Waals surface area contributed by atoms with Gasteiger partial charge in [-0.2, -0.15) is 0 Å². The van der Waals surface area contributed by atoms with Crippen molar-refractivity contribution in [3.05, 3.63) is 94.2 Å². The number of hydrogen-bond acceptors (Lipinski definition) is 4. The van der Waals surface area contributed by atoms with Gasteiger partial charge in [-0.3, -0.25) is 4.79 Å². The van der Waals surface area contributed by atoms with Crippen LogP contribution < -0.4 is 5.32 Å². The minimum absolute atomic E-state index is 0.220. The first-order valence-electron chi connectivity index (χ1n) is 10.5. The summed E-state index contributed by atoms with van der Waals surface area (Å²) < 4.78 is 11.8. The van der Waals surface area contributed by atoms with Gasteiger partial charge in [-0.05, 0) is 98.1 Å². The van der Waals surface area contributed by atoms with Crippen LogP contribution in [-0.2, 0) is 0 Å². The van der Waals surface area contributed by atoms with Gasteiger partial charge in [-0.15, -0.1) is 0 Å². The molecule has 0 unspecified atom stereocenters. The molecule has 1 amide bonds. The van der Waals surface area contributed by atoms with Gasteiger partial charge in [0.1, 0.15) is 11.3 Å². The molecule has 0 aliphatic rings. The topological polar surface area (TPSA) is 68.3 Å². The largest absolute Gasteiger partial charge is 0.451 e. The van der Waals surface area contributed by atoms with E-state index >= 15 is 0 Å². The number of hydrogen-bond donors (Lipinski definition) is 1. The van der Waals surface area contributed by atoms with E-state index in [-0.39, 0.29) is 11.7 Å². The van der Waals surface area contributed by atoms with Crippen LogP contribution in [0.25, 0.3) is 33.9 Å². The fourth-order valence-corrected chi connectivity index (χ4v) is 3.84. The summed E-state index contributed by atoms with van der Waals surface area (Å²) in [4.78, 5) is 17.5. The first kappa shape index (κ1) is 21.0. The Morgan fingerprint density at radius 3 is 2.45 bits per heavy atom. The van der Waals surface area contributed by atoms with Crippen molar-refractivity contribution in [2.24, 2.45) is 0 Å². The molecule has 0 atom stereocenters. The number of amides is 1. The number of anilines is 1. The first-order chi connectivity index (χ1) is 15.9. The van der Waals surface area contributed by atoms with Crippen molar-refractivity contribution in [3.8, 4) is 22.8 Å². The summed E-state index contributed by atoms with van der Waals surface area (Å²) in [5.41, 5.74) is 7.06. The minimum atomic E-state index is -0.334. The van der Waals surface area contributed by atoms with Gasteiger partial charge in [0.2, 0.25) is 5.89 Å². The fraction of sp³-hybridized carbons (Fsp3) is 0.111. The van der Waals surface area contributed by atoms with Gasteiger partial charge >= 0.3 is 0 Å². The maximum atomic E-state index is 12.9. The van der Waals surface area contributed by atoms with Crippen LogP contribution >= 0.6 is 11.6 Å². The third-order valence-corrected chi connectivity index (χ3v) is 6.03. The van der Waals surface area contributed by atoms with Gasteiger partial charge < -0.3 is 14.2 Å². The number of aryl methyl sites for hydroxylation is 2. The molecule has 0 aliphatic carbocycles. The number of halogens is 1. The molecule has 33 heavy (non-hydrogen) atoms. The molecule has 0 saturated heterocycles. The average Bonchev–Trinajstić information content (AvgIpc) is 3.44. The van der Waals surface area contributed by atoms with Crippen LogP contribution in [0.4, 0.5) is 5.69 Å². The van der Waals surface area contributed by atoms with Crippen molar-refractivity contribution in [2.45, 2.75) is 20.8 Å². The van der Waals surface area contributed by atoms with E-state index in [0.29, 0.717) is 22.4 Å². The maximum Gasteiger partial charge on any atom is 0.291 e. The Morgan fingerprint density at radius 2 is 1.67 bits per heavy atom. The van der Waals surface area contributed by atoms with E-state index in [1.807, 2.05) is 56.3 Å². The predicted octanol–water partition coefficient (Wildman–Crippen LogP) is 7.59. The molecule has 6 heteroatoms. The van der Waals surface area contributed by atoms with Crippen molar-refractivity contribution < 1.29 is 13.6 Å². The monoisotopic (exact) mass is 456 g/mol. The molecule has 5 nitrogen and oxygen atoms in total. The van der Waals surface area contributed by atoms with Crippen LogP contribution in [0.2, 0.25) is 5.02 Å². The molecule has 0 bridgehead atoms. The molecular formula is C27H21ClN2O3. The first-order valence-corrected chi connectivity index (χ1v) is 10.9. The molecule has 5 aromatic rings. The number of benzene rings is 3. The fourth-order valence-electron chi connectivity index (χ4n) is 3.71. The number of nitrogens with zero attached hydrogens (tertiary/aromatic N) is 1. The second-order valence-corrected chi connectivity index (χ2v) is 8.46. The number of furan rings is 1. The smallest absolute Gasteiger partial charge is 0.291 e. The summed E-state index contributed by atoms with van der Waals surface area (Å²) >= 11 is 5.95. The highest BCUT2D eigenvalue weighted by molar-refractivity contribution is 6.30. The Morgan fingerprint density at radius 1 is 0.909 bits per heavy atom. The number of nitrogens with one attached hydrogen (secondary N) is 1. The van der Waals surface area contributed by atoms with Crippen LogP contribution in [0, 0.1) is 20.8 Å². The zero-order valence-corrected chi connectivity index (χ0v) is 19.2. The van der Waals surface area contributed by atoms with Gasteiger partial charge in [0, 0.05) is 21.8 Å². The highest BCUT2D eigenvalue weighted by Gasteiger charge is 2.17. The number of aromatic nitrogens is 1. The van der Waals surface area contributed by atoms with Crippen molar-refractivity contribution in [1.82, 2.24) is 4.98 Å². The molecule has 1 N–H and O–H groups in total. The molecule has 164 valence electrons. The lowest BCUT2D eigenvalue weighted by Crippen LogP contribution is -2.12. The van der Waals surface area contributed by atoms with Crippen molar-refractivity contribution in [3.63, 3.8) is 0 Å². The van der Waals surface area contributed by atoms with Crippen LogP contribution in [0.5, 0.6) is 0 Å². The van der Waals surface area contributed by atoms with E-state index in [2.05, 4.69) is 17.2 Å². The van der Waals surface area contributed by atoms with E-state index < -0.39 is 0 Å². The van der Waals surface area contributed by atoms with Crippen LogP contribution in [0.1, 0.15) is 27.2 Å². The number of carbonyl (C=O) groups is 1. The van der Waals surface area contributed by atoms with Gasteiger partial charge in [0.05, 0.1) is 0 Å². The number of fused-ring (bicyclic) bond motifs is 1. The van der Waals surface area contributed by atoms with Crippen molar-refractivity contribution in [2.75, 3.05) is 5.32 Å². The molecule has 2 heterocycles. The van der Waals surface area contributed by atoms with E-state index in [4.69, 9.17) is 20.4 Å². The van der Waals surface area contributed by atoms with Gasteiger partial charge in [-0.25, -0.2) is 4.98 Å². The summed E-state index contributed by atoms with van der Waals surface area (Å²) in [6, 6.07) is 20.3. The summed E-state index contributed by atoms with van der Waals surface area (Å²) in [6.45, 7) is 6.03. The third-order valence-electron chi connectivity index (χ3n) is 5.77. The van der Waals surface area contributed by atoms with Crippen LogP contribution in [0.15, 0.2) is 75.6 Å². The highest BCUT2D eigenvalue weighted by atomic mass is 35.5. The lowest BCUT2D eigenvalue weighted by Gasteiger charge is -2.10. The van der Waals surface area contributed by atoms with Crippen molar-refractivity contribution >= 4 is 34.3 Å². The Hall–Kier alpha value is -3.83. The zero-order valence-electron chi connectivity index (χ0n) is 18.4. The van der Waals surface area contributed by atoms with Gasteiger partial charge in [0.15, 0.2) is 11.3 Å². The Kier molecular flexibility index (Phi) is 5.27. The maximum absolute atomic E-state index is 12.9. The van der Waals surface area contributed by atoms with Gasteiger partial charge in [0.25, 0.3) is 5.91 Å². The summed E-state index contributed by atoms with van der Waals surface area (Å²) in [5.74, 6) is 1.00. The molecule has 0 fully saturated rings. The zero-order chi connectivity index (χ0) is 23.1. The minimum Gasteiger partial charge on any atom is -0.451 e. The molecule has 2 aromatic heterocycles. The third kappa shape index (κ3) is 4.03.